The lowest BCUT2D eigenvalue weighted by Gasteiger charge is -2.29. The average Bonchev–Trinajstić information content (AvgIpc) is 2.96. The highest BCUT2D eigenvalue weighted by atomic mass is 32.2. The molecule has 5 rings (SSSR count). The van der Waals surface area contributed by atoms with Crippen molar-refractivity contribution in [1.29, 1.82) is 0 Å². The molecule has 0 aromatic heterocycles. The van der Waals surface area contributed by atoms with Crippen LogP contribution in [-0.4, -0.2) is 32.3 Å². The Kier molecular flexibility index (Phi) is 4.32. The molecular formula is C23H22N2O3S. The van der Waals surface area contributed by atoms with Crippen LogP contribution in [0.2, 0.25) is 0 Å². The second kappa shape index (κ2) is 6.88. The molecule has 29 heavy (non-hydrogen) atoms. The third-order valence-corrected chi connectivity index (χ3v) is 7.77. The minimum absolute atomic E-state index is 0.0896. The zero-order chi connectivity index (χ0) is 20.0. The smallest absolute Gasteiger partial charge is 0.265 e. The zero-order valence-electron chi connectivity index (χ0n) is 16.0. The number of sulfonamides is 1. The van der Waals surface area contributed by atoms with Crippen LogP contribution in [0.3, 0.4) is 0 Å². The average molecular weight is 407 g/mol. The van der Waals surface area contributed by atoms with E-state index in [2.05, 4.69) is 12.1 Å². The summed E-state index contributed by atoms with van der Waals surface area (Å²) in [6.07, 6.45) is 1.72. The maximum atomic E-state index is 13.0. The van der Waals surface area contributed by atoms with Gasteiger partial charge in [-0.2, -0.15) is 0 Å². The van der Waals surface area contributed by atoms with Crippen molar-refractivity contribution in [3.63, 3.8) is 0 Å². The highest BCUT2D eigenvalue weighted by Gasteiger charge is 2.35. The third-order valence-electron chi connectivity index (χ3n) is 5.92. The van der Waals surface area contributed by atoms with E-state index in [0.717, 1.165) is 29.4 Å². The summed E-state index contributed by atoms with van der Waals surface area (Å²) in [5.41, 5.74) is 3.24. The fourth-order valence-corrected chi connectivity index (χ4v) is 6.19. The molecule has 2 aliphatic heterocycles. The molecule has 2 heterocycles. The van der Waals surface area contributed by atoms with Crippen LogP contribution in [0.5, 0.6) is 0 Å². The molecule has 0 aliphatic carbocycles. The van der Waals surface area contributed by atoms with Gasteiger partial charge in [-0.1, -0.05) is 48.5 Å². The summed E-state index contributed by atoms with van der Waals surface area (Å²) in [5.74, 6) is 0.0896. The first-order valence-electron chi connectivity index (χ1n) is 9.95. The quantitative estimate of drug-likeness (QED) is 0.664. The molecule has 0 saturated heterocycles. The molecule has 2 aliphatic rings. The van der Waals surface area contributed by atoms with Gasteiger partial charge in [0.25, 0.3) is 10.0 Å². The summed E-state index contributed by atoms with van der Waals surface area (Å²) >= 11 is 0. The first kappa shape index (κ1) is 18.2. The maximum absolute atomic E-state index is 13.0. The molecule has 0 bridgehead atoms. The van der Waals surface area contributed by atoms with Crippen molar-refractivity contribution in [2.75, 3.05) is 17.4 Å². The molecule has 148 valence electrons. The Hall–Kier alpha value is -2.86. The van der Waals surface area contributed by atoms with Crippen molar-refractivity contribution in [3.05, 3.63) is 71.8 Å². The Bertz CT molecular complexity index is 1210. The second-order valence-corrected chi connectivity index (χ2v) is 9.48. The molecule has 5 nitrogen and oxygen atoms in total. The molecular weight excluding hydrogens is 384 g/mol. The largest absolute Gasteiger partial charge is 0.338 e. The zero-order valence-corrected chi connectivity index (χ0v) is 16.9. The van der Waals surface area contributed by atoms with Gasteiger partial charge in [-0.25, -0.2) is 8.42 Å². The predicted molar refractivity (Wildman–Crippen MR) is 113 cm³/mol. The minimum Gasteiger partial charge on any atom is -0.338 e. The summed E-state index contributed by atoms with van der Waals surface area (Å²) in [4.78, 5) is 15.0. The van der Waals surface area contributed by atoms with Crippen LogP contribution < -0.4 is 4.31 Å². The monoisotopic (exact) mass is 406 g/mol. The van der Waals surface area contributed by atoms with Crippen molar-refractivity contribution >= 4 is 32.4 Å². The molecule has 0 fully saturated rings. The Balaban J connectivity index is 1.28. The van der Waals surface area contributed by atoms with Gasteiger partial charge in [0.05, 0.1) is 10.6 Å². The van der Waals surface area contributed by atoms with Gasteiger partial charge < -0.3 is 4.90 Å². The number of hydrogen-bond donors (Lipinski definition) is 0. The highest BCUT2D eigenvalue weighted by Crippen LogP contribution is 2.42. The first-order chi connectivity index (χ1) is 14.1. The van der Waals surface area contributed by atoms with Gasteiger partial charge in [0.2, 0.25) is 5.91 Å². The van der Waals surface area contributed by atoms with Crippen LogP contribution in [0.15, 0.2) is 65.6 Å². The van der Waals surface area contributed by atoms with E-state index in [-0.39, 0.29) is 5.91 Å². The SMILES string of the molecule is O=C(CCCN1c2cccc3cccc(c23)S1(=O)=O)N1CCc2ccccc2C1. The van der Waals surface area contributed by atoms with Crippen LogP contribution in [-0.2, 0) is 27.8 Å². The minimum atomic E-state index is -3.55. The fourth-order valence-electron chi connectivity index (χ4n) is 4.44. The van der Waals surface area contributed by atoms with Gasteiger partial charge in [0.1, 0.15) is 0 Å². The van der Waals surface area contributed by atoms with E-state index in [4.69, 9.17) is 0 Å². The lowest BCUT2D eigenvalue weighted by Crippen LogP contribution is -2.36. The Morgan fingerprint density at radius 1 is 0.931 bits per heavy atom. The second-order valence-electron chi connectivity index (χ2n) is 7.65. The molecule has 0 radical (unpaired) electrons. The van der Waals surface area contributed by atoms with Gasteiger partial charge in [-0.15, -0.1) is 0 Å². The lowest BCUT2D eigenvalue weighted by molar-refractivity contribution is -0.132. The number of hydrogen-bond acceptors (Lipinski definition) is 3. The first-order valence-corrected chi connectivity index (χ1v) is 11.4. The number of carbonyl (C=O) groups is 1. The van der Waals surface area contributed by atoms with E-state index < -0.39 is 10.0 Å². The predicted octanol–water partition coefficient (Wildman–Crippen LogP) is 3.71. The third kappa shape index (κ3) is 2.99. The Morgan fingerprint density at radius 2 is 1.69 bits per heavy atom. The van der Waals surface area contributed by atoms with E-state index in [1.807, 2.05) is 41.3 Å². The van der Waals surface area contributed by atoms with Crippen molar-refractivity contribution in [2.45, 2.75) is 30.7 Å². The standard InChI is InChI=1S/C23H22N2O3S/c26-22(24-15-13-17-6-1-2-7-19(17)16-24)12-5-14-25-20-10-3-8-18-9-4-11-21(23(18)20)29(25,27)28/h1-4,6-11H,5,12-16H2. The Morgan fingerprint density at radius 3 is 2.52 bits per heavy atom. The summed E-state index contributed by atoms with van der Waals surface area (Å²) in [6.45, 7) is 1.68. The van der Waals surface area contributed by atoms with Crippen molar-refractivity contribution in [1.82, 2.24) is 4.90 Å². The van der Waals surface area contributed by atoms with Crippen molar-refractivity contribution in [3.8, 4) is 0 Å². The van der Waals surface area contributed by atoms with E-state index in [1.165, 1.54) is 15.4 Å². The summed E-state index contributed by atoms with van der Waals surface area (Å²) < 4.78 is 27.5. The van der Waals surface area contributed by atoms with Crippen LogP contribution >= 0.6 is 0 Å². The van der Waals surface area contributed by atoms with Gasteiger partial charge in [0, 0.05) is 31.4 Å². The number of rotatable bonds is 4. The Labute approximate surface area is 170 Å². The number of nitrogens with zero attached hydrogens (tertiary/aromatic N) is 2. The van der Waals surface area contributed by atoms with E-state index in [9.17, 15) is 13.2 Å². The maximum Gasteiger partial charge on any atom is 0.265 e. The molecule has 0 spiro atoms. The number of fused-ring (bicyclic) bond motifs is 1. The van der Waals surface area contributed by atoms with E-state index >= 15 is 0 Å². The molecule has 1 amide bonds. The number of benzene rings is 3. The van der Waals surface area contributed by atoms with E-state index in [0.29, 0.717) is 30.8 Å². The summed E-state index contributed by atoms with van der Waals surface area (Å²) in [6, 6.07) is 19.3. The molecule has 3 aromatic rings. The lowest BCUT2D eigenvalue weighted by atomic mass is 9.99. The van der Waals surface area contributed by atoms with Crippen LogP contribution in [0.4, 0.5) is 5.69 Å². The molecule has 3 aromatic carbocycles. The molecule has 0 atom stereocenters. The van der Waals surface area contributed by atoms with Gasteiger partial charge in [-0.05, 0) is 41.5 Å². The van der Waals surface area contributed by atoms with Crippen LogP contribution in [0, 0.1) is 0 Å². The summed E-state index contributed by atoms with van der Waals surface area (Å²) in [7, 11) is -3.55. The highest BCUT2D eigenvalue weighted by molar-refractivity contribution is 7.93. The topological polar surface area (TPSA) is 57.7 Å². The van der Waals surface area contributed by atoms with Crippen LogP contribution in [0.25, 0.3) is 10.8 Å². The number of anilines is 1. The van der Waals surface area contributed by atoms with Gasteiger partial charge in [0.15, 0.2) is 0 Å². The van der Waals surface area contributed by atoms with Crippen molar-refractivity contribution < 1.29 is 13.2 Å². The number of carbonyl (C=O) groups excluding carboxylic acids is 1. The summed E-state index contributed by atoms with van der Waals surface area (Å²) in [5, 5.41) is 1.71. The normalized spacial score (nSPS) is 16.8. The van der Waals surface area contributed by atoms with Gasteiger partial charge in [-0.3, -0.25) is 9.10 Å². The molecule has 0 unspecified atom stereocenters. The molecule has 0 saturated carbocycles. The fraction of sp³-hybridized carbons (Fsp3) is 0.261. The molecule has 0 N–H and O–H groups in total. The molecule has 6 heteroatoms. The van der Waals surface area contributed by atoms with Gasteiger partial charge >= 0.3 is 0 Å². The van der Waals surface area contributed by atoms with Crippen LogP contribution in [0.1, 0.15) is 24.0 Å². The van der Waals surface area contributed by atoms with Crippen molar-refractivity contribution in [2.24, 2.45) is 0 Å². The van der Waals surface area contributed by atoms with E-state index in [1.54, 1.807) is 12.1 Å². The number of amides is 1.